The molecule has 0 radical (unpaired) electrons. The van der Waals surface area contributed by atoms with Gasteiger partial charge in [-0.05, 0) is 42.8 Å². The number of halogens is 2. The second-order valence-electron chi connectivity index (χ2n) is 10.9. The monoisotopic (exact) mass is 711 g/mol. The second-order valence-corrected chi connectivity index (χ2v) is 11.7. The molecule has 0 fully saturated rings. The van der Waals surface area contributed by atoms with E-state index in [0.29, 0.717) is 92.4 Å². The summed E-state index contributed by atoms with van der Waals surface area (Å²) < 4.78 is 22.7. The summed E-state index contributed by atoms with van der Waals surface area (Å²) in [6.45, 7) is 2.88. The van der Waals surface area contributed by atoms with E-state index in [1.54, 1.807) is 75.6 Å². The predicted octanol–water partition coefficient (Wildman–Crippen LogP) is 5.47. The highest BCUT2D eigenvalue weighted by atomic mass is 35.5. The molecule has 1 heterocycles. The Bertz CT molecular complexity index is 1810. The van der Waals surface area contributed by atoms with Crippen LogP contribution in [0.25, 0.3) is 22.0 Å². The Balaban J connectivity index is 1.91. The number of nitrogens with zero attached hydrogens (tertiary/aromatic N) is 3. The molecule has 12 nitrogen and oxygen atoms in total. The van der Waals surface area contributed by atoms with E-state index in [4.69, 9.17) is 52.9 Å². The molecule has 0 bridgehead atoms. The summed E-state index contributed by atoms with van der Waals surface area (Å²) >= 11 is 12.8. The summed E-state index contributed by atoms with van der Waals surface area (Å²) in [5.74, 6) is -0.0610. The number of aryl methyl sites for hydroxylation is 1. The number of primary amides is 1. The lowest BCUT2D eigenvalue weighted by Gasteiger charge is -2.26. The molecule has 0 aliphatic heterocycles. The third kappa shape index (κ3) is 8.70. The van der Waals surface area contributed by atoms with Crippen LogP contribution >= 0.6 is 23.2 Å². The number of nitrogens with two attached hydrogens (primary N) is 1. The number of fused-ring (bicyclic) bond motifs is 1. The molecule has 260 valence electrons. The number of hydrogen-bond donors (Lipinski definition) is 2. The zero-order valence-corrected chi connectivity index (χ0v) is 29.5. The fourth-order valence-electron chi connectivity index (χ4n) is 5.29. The smallest absolute Gasteiger partial charge is 0.312 e. The van der Waals surface area contributed by atoms with Crippen molar-refractivity contribution >= 4 is 57.6 Å². The van der Waals surface area contributed by atoms with Gasteiger partial charge in [0.25, 0.3) is 5.91 Å². The molecule has 0 unspecified atom stereocenters. The van der Waals surface area contributed by atoms with Crippen LogP contribution in [-0.4, -0.2) is 89.0 Å². The van der Waals surface area contributed by atoms with E-state index >= 15 is 0 Å². The number of carbonyl (C=O) groups excluding carboxylic acids is 3. The van der Waals surface area contributed by atoms with Gasteiger partial charge in [0, 0.05) is 61.1 Å². The Morgan fingerprint density at radius 1 is 0.918 bits per heavy atom. The van der Waals surface area contributed by atoms with E-state index < -0.39 is 11.9 Å². The first-order chi connectivity index (χ1) is 23.5. The summed E-state index contributed by atoms with van der Waals surface area (Å²) in [6, 6.07) is 15.0. The highest BCUT2D eigenvalue weighted by Gasteiger charge is 2.26. The van der Waals surface area contributed by atoms with Gasteiger partial charge in [-0.15, -0.1) is 0 Å². The molecule has 4 rings (SSSR count). The minimum atomic E-state index is -0.846. The number of rotatable bonds is 15. The van der Waals surface area contributed by atoms with Crippen LogP contribution in [0.1, 0.15) is 21.6 Å². The van der Waals surface area contributed by atoms with Crippen molar-refractivity contribution in [2.45, 2.75) is 13.5 Å². The summed E-state index contributed by atoms with van der Waals surface area (Å²) in [7, 11) is 6.21. The van der Waals surface area contributed by atoms with Gasteiger partial charge in [0.05, 0.1) is 49.2 Å². The highest BCUT2D eigenvalue weighted by molar-refractivity contribution is 6.36. The van der Waals surface area contributed by atoms with Gasteiger partial charge >= 0.3 is 6.03 Å². The van der Waals surface area contributed by atoms with Crippen molar-refractivity contribution in [3.8, 4) is 22.6 Å². The molecule has 3 aromatic carbocycles. The fraction of sp³-hybridized carbons (Fsp3) is 0.314. The predicted molar refractivity (Wildman–Crippen MR) is 190 cm³/mol. The molecule has 0 spiro atoms. The van der Waals surface area contributed by atoms with Crippen molar-refractivity contribution in [1.82, 2.24) is 15.2 Å². The lowest BCUT2D eigenvalue weighted by Crippen LogP contribution is -2.40. The zero-order valence-electron chi connectivity index (χ0n) is 28.0. The minimum Gasteiger partial charge on any atom is -0.492 e. The van der Waals surface area contributed by atoms with Crippen LogP contribution in [0.5, 0.6) is 11.5 Å². The van der Waals surface area contributed by atoms with Crippen molar-refractivity contribution in [2.24, 2.45) is 5.73 Å². The molecule has 0 aliphatic carbocycles. The van der Waals surface area contributed by atoms with Gasteiger partial charge < -0.3 is 39.8 Å². The number of amides is 4. The molecular weight excluding hydrogens is 673 g/mol. The molecule has 4 amide bonds. The third-order valence-corrected chi connectivity index (χ3v) is 8.50. The largest absolute Gasteiger partial charge is 0.492 e. The number of nitrogens with one attached hydrogen (secondary N) is 1. The third-order valence-electron chi connectivity index (χ3n) is 7.79. The Hall–Kier alpha value is -4.62. The van der Waals surface area contributed by atoms with Gasteiger partial charge in [-0.3, -0.25) is 9.59 Å². The zero-order chi connectivity index (χ0) is 35.7. The van der Waals surface area contributed by atoms with Crippen LogP contribution in [0.2, 0.25) is 10.0 Å². The van der Waals surface area contributed by atoms with Gasteiger partial charge in [-0.25, -0.2) is 9.78 Å². The molecule has 14 heteroatoms. The maximum absolute atomic E-state index is 13.7. The number of pyridine rings is 1. The van der Waals surface area contributed by atoms with Gasteiger partial charge in [-0.1, -0.05) is 47.5 Å². The van der Waals surface area contributed by atoms with E-state index in [-0.39, 0.29) is 19.1 Å². The molecule has 0 atom stereocenters. The molecule has 0 saturated carbocycles. The average molecular weight is 713 g/mol. The van der Waals surface area contributed by atoms with E-state index in [1.165, 1.54) is 12.0 Å². The van der Waals surface area contributed by atoms with E-state index in [1.807, 2.05) is 12.1 Å². The quantitative estimate of drug-likeness (QED) is 0.165. The van der Waals surface area contributed by atoms with Crippen molar-refractivity contribution in [3.05, 3.63) is 81.5 Å². The van der Waals surface area contributed by atoms with Crippen LogP contribution in [0.15, 0.2) is 54.6 Å². The van der Waals surface area contributed by atoms with Crippen molar-refractivity contribution in [3.63, 3.8) is 0 Å². The number of ether oxygens (including phenoxy) is 4. The topological polar surface area (TPSA) is 146 Å². The summed E-state index contributed by atoms with van der Waals surface area (Å²) in [6.07, 6.45) is 0. The summed E-state index contributed by atoms with van der Waals surface area (Å²) in [4.78, 5) is 46.5. The van der Waals surface area contributed by atoms with Crippen LogP contribution in [0.3, 0.4) is 0 Å². The maximum atomic E-state index is 13.7. The lowest BCUT2D eigenvalue weighted by atomic mass is 9.96. The Kier molecular flexibility index (Phi) is 13.0. The average Bonchev–Trinajstić information content (AvgIpc) is 3.09. The van der Waals surface area contributed by atoms with Crippen molar-refractivity contribution in [1.29, 1.82) is 0 Å². The highest BCUT2D eigenvalue weighted by Crippen LogP contribution is 2.46. The molecule has 1 aromatic heterocycles. The summed E-state index contributed by atoms with van der Waals surface area (Å²) in [5.41, 5.74) is 8.93. The van der Waals surface area contributed by atoms with Crippen LogP contribution in [-0.2, 0) is 20.9 Å². The molecular formula is C35H39Cl2N5O7. The molecule has 0 aliphatic rings. The second kappa shape index (κ2) is 17.2. The van der Waals surface area contributed by atoms with E-state index in [0.717, 1.165) is 0 Å². The van der Waals surface area contributed by atoms with E-state index in [2.05, 4.69) is 5.32 Å². The first-order valence-electron chi connectivity index (χ1n) is 15.3. The number of anilines is 1. The summed E-state index contributed by atoms with van der Waals surface area (Å²) in [5, 5.41) is 3.68. The van der Waals surface area contributed by atoms with Crippen LogP contribution in [0.4, 0.5) is 10.5 Å². The number of benzene rings is 3. The first-order valence-corrected chi connectivity index (χ1v) is 16.0. The van der Waals surface area contributed by atoms with Crippen molar-refractivity contribution < 1.29 is 33.3 Å². The Labute approximate surface area is 295 Å². The number of hydrogen-bond acceptors (Lipinski definition) is 8. The normalized spacial score (nSPS) is 10.9. The molecule has 4 aromatic rings. The standard InChI is InChI=1S/C35H39Cl2N5O7/c1-21-32(49-20-25-26(36)10-7-11-27(25)37)33(48-5)30-28(40-21)13-12-24(31(30)41(2)29(43)19-39-35(38)45)22-8-6-9-23(18-22)34(44)42(14-16-46-3)15-17-47-4/h6-13,18H,14-17,19-20H2,1-5H3,(H3,38,39,45). The van der Waals surface area contributed by atoms with Gasteiger partial charge in [-0.2, -0.15) is 0 Å². The Morgan fingerprint density at radius 3 is 2.18 bits per heavy atom. The number of methoxy groups -OCH3 is 3. The molecule has 0 saturated heterocycles. The number of aromatic nitrogens is 1. The maximum Gasteiger partial charge on any atom is 0.312 e. The minimum absolute atomic E-state index is 0.0159. The van der Waals surface area contributed by atoms with Crippen molar-refractivity contribution in [2.75, 3.05) is 66.1 Å². The van der Waals surface area contributed by atoms with Crippen LogP contribution in [0, 0.1) is 6.92 Å². The van der Waals surface area contributed by atoms with Gasteiger partial charge in [0.1, 0.15) is 6.61 Å². The molecule has 49 heavy (non-hydrogen) atoms. The van der Waals surface area contributed by atoms with Crippen LogP contribution < -0.4 is 25.4 Å². The van der Waals surface area contributed by atoms with Gasteiger partial charge in [0.15, 0.2) is 11.5 Å². The number of likely N-dealkylation sites (N-methyl/N-ethyl adjacent to an activating group) is 1. The Morgan fingerprint density at radius 2 is 1.57 bits per heavy atom. The van der Waals surface area contributed by atoms with Gasteiger partial charge in [0.2, 0.25) is 5.91 Å². The molecule has 3 N–H and O–H groups in total. The SMILES string of the molecule is COCCN(CCOC)C(=O)c1cccc(-c2ccc3nc(C)c(OCc4c(Cl)cccc4Cl)c(OC)c3c2N(C)C(=O)CNC(N)=O)c1. The fourth-order valence-corrected chi connectivity index (χ4v) is 5.80. The first kappa shape index (κ1) is 37.2. The number of urea groups is 1. The lowest BCUT2D eigenvalue weighted by molar-refractivity contribution is -0.117. The number of carbonyl (C=O) groups is 3. The van der Waals surface area contributed by atoms with E-state index in [9.17, 15) is 14.4 Å².